The van der Waals surface area contributed by atoms with E-state index in [9.17, 15) is 4.79 Å². The third-order valence-corrected chi connectivity index (χ3v) is 2.36. The number of hydrogen-bond acceptors (Lipinski definition) is 3. The van der Waals surface area contributed by atoms with Crippen molar-refractivity contribution in [3.05, 3.63) is 29.8 Å². The second-order valence-electron chi connectivity index (χ2n) is 3.71. The molecule has 0 saturated carbocycles. The van der Waals surface area contributed by atoms with Crippen molar-refractivity contribution >= 4 is 5.97 Å². The van der Waals surface area contributed by atoms with Gasteiger partial charge in [-0.2, -0.15) is 0 Å². The average molecular weight is 238 g/mol. The molecule has 1 rings (SSSR count). The molecule has 1 aromatic carbocycles. The smallest absolute Gasteiger partial charge is 0.312 e. The number of quaternary nitrogens is 1. The van der Waals surface area contributed by atoms with E-state index < -0.39 is 0 Å². The van der Waals surface area contributed by atoms with Gasteiger partial charge in [0.1, 0.15) is 18.2 Å². The van der Waals surface area contributed by atoms with Crippen molar-refractivity contribution in [3.8, 4) is 5.75 Å². The number of ether oxygens (including phenoxy) is 2. The lowest BCUT2D eigenvalue weighted by molar-refractivity contribution is -0.425. The summed E-state index contributed by atoms with van der Waals surface area (Å²) >= 11 is 0. The second kappa shape index (κ2) is 6.91. The van der Waals surface area contributed by atoms with Gasteiger partial charge in [0.05, 0.1) is 13.2 Å². The third kappa shape index (κ3) is 4.44. The monoisotopic (exact) mass is 238 g/mol. The quantitative estimate of drug-likeness (QED) is 0.760. The van der Waals surface area contributed by atoms with Crippen LogP contribution in [0.25, 0.3) is 0 Å². The molecule has 0 aliphatic carbocycles. The Balaban J connectivity index is 2.64. The summed E-state index contributed by atoms with van der Waals surface area (Å²) < 4.78 is 10.3. The Morgan fingerprint density at radius 2 is 2.12 bits per heavy atom. The normalized spacial score (nSPS) is 11.9. The highest BCUT2D eigenvalue weighted by Gasteiger charge is 2.16. The van der Waals surface area contributed by atoms with Gasteiger partial charge in [-0.15, -0.1) is 0 Å². The molecule has 0 bridgehead atoms. The van der Waals surface area contributed by atoms with Gasteiger partial charge < -0.3 is 15.2 Å². The number of hydrogen-bond donors (Lipinski definition) is 1. The van der Waals surface area contributed by atoms with Crippen LogP contribution in [0.4, 0.5) is 0 Å². The van der Waals surface area contributed by atoms with Crippen molar-refractivity contribution in [1.29, 1.82) is 0 Å². The molecule has 1 atom stereocenters. The SMILES string of the molecule is CCOC(=O)C[C@H]([NH3+])c1cccc(OCC)c1. The molecule has 0 fully saturated rings. The summed E-state index contributed by atoms with van der Waals surface area (Å²) in [4.78, 5) is 11.3. The Morgan fingerprint density at radius 3 is 2.76 bits per heavy atom. The van der Waals surface area contributed by atoms with E-state index in [-0.39, 0.29) is 12.0 Å². The molecule has 0 aliphatic heterocycles. The molecular weight excluding hydrogens is 218 g/mol. The number of carbonyl (C=O) groups excluding carboxylic acids is 1. The molecule has 0 aliphatic rings. The fourth-order valence-corrected chi connectivity index (χ4v) is 1.56. The molecule has 0 amide bonds. The van der Waals surface area contributed by atoms with Crippen LogP contribution in [0.1, 0.15) is 31.9 Å². The zero-order chi connectivity index (χ0) is 12.7. The van der Waals surface area contributed by atoms with Gasteiger partial charge >= 0.3 is 5.97 Å². The van der Waals surface area contributed by atoms with E-state index in [0.717, 1.165) is 11.3 Å². The number of carbonyl (C=O) groups is 1. The lowest BCUT2D eigenvalue weighted by Crippen LogP contribution is -2.54. The van der Waals surface area contributed by atoms with E-state index in [4.69, 9.17) is 9.47 Å². The molecule has 4 nitrogen and oxygen atoms in total. The summed E-state index contributed by atoms with van der Waals surface area (Å²) in [5.74, 6) is 0.594. The highest BCUT2D eigenvalue weighted by molar-refractivity contribution is 5.70. The number of esters is 1. The fourth-order valence-electron chi connectivity index (χ4n) is 1.56. The summed E-state index contributed by atoms with van der Waals surface area (Å²) in [6.45, 7) is 4.77. The standard InChI is InChI=1S/C13H19NO3/c1-3-16-11-7-5-6-10(8-11)12(14)9-13(15)17-4-2/h5-8,12H,3-4,9,14H2,1-2H3/p+1/t12-/m0/s1. The minimum absolute atomic E-state index is 0.102. The molecule has 0 spiro atoms. The van der Waals surface area contributed by atoms with Gasteiger partial charge in [-0.05, 0) is 26.0 Å². The Hall–Kier alpha value is -1.55. The van der Waals surface area contributed by atoms with Crippen molar-refractivity contribution in [2.75, 3.05) is 13.2 Å². The molecule has 3 N–H and O–H groups in total. The maximum atomic E-state index is 11.3. The molecule has 0 saturated heterocycles. The lowest BCUT2D eigenvalue weighted by Gasteiger charge is -2.10. The van der Waals surface area contributed by atoms with E-state index in [1.807, 2.05) is 31.2 Å². The largest absolute Gasteiger partial charge is 0.494 e. The maximum absolute atomic E-state index is 11.3. The first-order chi connectivity index (χ1) is 8.17. The summed E-state index contributed by atoms with van der Waals surface area (Å²) in [6.07, 6.45) is 0.295. The van der Waals surface area contributed by atoms with Crippen LogP contribution in [0.5, 0.6) is 5.75 Å². The fraction of sp³-hybridized carbons (Fsp3) is 0.462. The predicted octanol–water partition coefficient (Wildman–Crippen LogP) is 1.32. The Bertz CT molecular complexity index is 365. The second-order valence-corrected chi connectivity index (χ2v) is 3.71. The molecular formula is C13H20NO3+. The summed E-state index contributed by atoms with van der Waals surface area (Å²) in [5, 5.41) is 0. The van der Waals surface area contributed by atoms with Crippen LogP contribution in [-0.4, -0.2) is 19.2 Å². The topological polar surface area (TPSA) is 63.2 Å². The third-order valence-electron chi connectivity index (χ3n) is 2.36. The Kier molecular flexibility index (Phi) is 5.49. The van der Waals surface area contributed by atoms with Gasteiger partial charge in [-0.1, -0.05) is 12.1 Å². The number of benzene rings is 1. The first kappa shape index (κ1) is 13.5. The van der Waals surface area contributed by atoms with Crippen LogP contribution in [-0.2, 0) is 9.53 Å². The van der Waals surface area contributed by atoms with Crippen LogP contribution < -0.4 is 10.5 Å². The minimum atomic E-state index is -0.214. The molecule has 0 unspecified atom stereocenters. The van der Waals surface area contributed by atoms with Crippen molar-refractivity contribution in [2.45, 2.75) is 26.3 Å². The van der Waals surface area contributed by atoms with Gasteiger partial charge in [0.2, 0.25) is 0 Å². The van der Waals surface area contributed by atoms with Crippen LogP contribution in [0.3, 0.4) is 0 Å². The van der Waals surface area contributed by atoms with E-state index >= 15 is 0 Å². The van der Waals surface area contributed by atoms with Crippen LogP contribution in [0.15, 0.2) is 24.3 Å². The van der Waals surface area contributed by atoms with Gasteiger partial charge in [0.15, 0.2) is 0 Å². The zero-order valence-corrected chi connectivity index (χ0v) is 10.4. The zero-order valence-electron chi connectivity index (χ0n) is 10.4. The highest BCUT2D eigenvalue weighted by Crippen LogP contribution is 2.19. The first-order valence-electron chi connectivity index (χ1n) is 5.88. The van der Waals surface area contributed by atoms with Crippen molar-refractivity contribution in [1.82, 2.24) is 0 Å². The van der Waals surface area contributed by atoms with E-state index in [1.165, 1.54) is 0 Å². The van der Waals surface area contributed by atoms with Gasteiger partial charge in [-0.25, -0.2) is 0 Å². The van der Waals surface area contributed by atoms with Crippen LogP contribution >= 0.6 is 0 Å². The average Bonchev–Trinajstić information content (AvgIpc) is 2.30. The lowest BCUT2D eigenvalue weighted by atomic mass is 10.0. The molecule has 0 aromatic heterocycles. The van der Waals surface area contributed by atoms with Crippen molar-refractivity contribution < 1.29 is 20.0 Å². The van der Waals surface area contributed by atoms with Gasteiger partial charge in [-0.3, -0.25) is 4.79 Å². The van der Waals surface area contributed by atoms with Gasteiger partial charge in [0.25, 0.3) is 0 Å². The molecule has 4 heteroatoms. The Labute approximate surface area is 102 Å². The van der Waals surface area contributed by atoms with E-state index in [1.54, 1.807) is 6.92 Å². The highest BCUT2D eigenvalue weighted by atomic mass is 16.5. The molecule has 1 aromatic rings. The summed E-state index contributed by atoms with van der Waals surface area (Å²) in [6, 6.07) is 7.56. The van der Waals surface area contributed by atoms with Crippen LogP contribution in [0, 0.1) is 0 Å². The maximum Gasteiger partial charge on any atom is 0.312 e. The summed E-state index contributed by atoms with van der Waals surface area (Å²) in [5.41, 5.74) is 4.97. The molecule has 94 valence electrons. The van der Waals surface area contributed by atoms with Crippen molar-refractivity contribution in [3.63, 3.8) is 0 Å². The number of rotatable bonds is 6. The van der Waals surface area contributed by atoms with Gasteiger partial charge in [0, 0.05) is 5.56 Å². The minimum Gasteiger partial charge on any atom is -0.494 e. The van der Waals surface area contributed by atoms with E-state index in [2.05, 4.69) is 5.73 Å². The van der Waals surface area contributed by atoms with Crippen LogP contribution in [0.2, 0.25) is 0 Å². The predicted molar refractivity (Wildman–Crippen MR) is 64.5 cm³/mol. The van der Waals surface area contributed by atoms with E-state index in [0.29, 0.717) is 19.6 Å². The first-order valence-corrected chi connectivity index (χ1v) is 5.88. The molecule has 0 heterocycles. The van der Waals surface area contributed by atoms with Crippen molar-refractivity contribution in [2.24, 2.45) is 0 Å². The Morgan fingerprint density at radius 1 is 1.35 bits per heavy atom. The molecule has 0 radical (unpaired) electrons. The summed E-state index contributed by atoms with van der Waals surface area (Å²) in [7, 11) is 0. The molecule has 17 heavy (non-hydrogen) atoms.